The van der Waals surface area contributed by atoms with Crippen molar-refractivity contribution in [3.63, 3.8) is 0 Å². The number of rotatable bonds is 5. The topological polar surface area (TPSA) is 43.6 Å². The average molecular weight is 807 g/mol. The first-order valence-electron chi connectivity index (χ1n) is 20.9. The molecule has 3 heterocycles. The van der Waals surface area contributed by atoms with Gasteiger partial charge in [-0.05, 0) is 63.7 Å². The minimum atomic E-state index is 0.630. The Hall–Kier alpha value is -7.99. The molecule has 0 atom stereocenters. The summed E-state index contributed by atoms with van der Waals surface area (Å²) in [6, 6.07) is 74.0. The molecular formula is C57H34N4S. The summed E-state index contributed by atoms with van der Waals surface area (Å²) < 4.78 is 4.91. The highest BCUT2D eigenvalue weighted by molar-refractivity contribution is 7.26. The predicted molar refractivity (Wildman–Crippen MR) is 261 cm³/mol. The Kier molecular flexibility index (Phi) is 7.74. The molecule has 0 unspecified atom stereocenters. The first-order chi connectivity index (χ1) is 30.7. The van der Waals surface area contributed by atoms with Crippen LogP contribution in [0.25, 0.3) is 125 Å². The summed E-state index contributed by atoms with van der Waals surface area (Å²) in [7, 11) is 0. The van der Waals surface area contributed by atoms with E-state index < -0.39 is 0 Å². The number of hydrogen-bond donors (Lipinski definition) is 0. The minimum Gasteiger partial charge on any atom is -0.308 e. The van der Waals surface area contributed by atoms with Crippen LogP contribution in [0, 0.1) is 0 Å². The van der Waals surface area contributed by atoms with Crippen molar-refractivity contribution in [3.05, 3.63) is 206 Å². The van der Waals surface area contributed by atoms with Crippen molar-refractivity contribution in [2.45, 2.75) is 0 Å². The third-order valence-corrected chi connectivity index (χ3v) is 13.6. The van der Waals surface area contributed by atoms with Crippen molar-refractivity contribution >= 4 is 85.6 Å². The number of fused-ring (bicyclic) bond motifs is 10. The molecule has 0 aliphatic heterocycles. The third kappa shape index (κ3) is 5.35. The first kappa shape index (κ1) is 34.8. The zero-order chi connectivity index (χ0) is 40.7. The fourth-order valence-electron chi connectivity index (χ4n) is 9.60. The van der Waals surface area contributed by atoms with Gasteiger partial charge in [0.25, 0.3) is 0 Å². The maximum atomic E-state index is 5.45. The molecule has 0 radical (unpaired) electrons. The number of nitrogens with zero attached hydrogens (tertiary/aromatic N) is 4. The van der Waals surface area contributed by atoms with E-state index in [2.05, 4.69) is 193 Å². The quantitative estimate of drug-likeness (QED) is 0.174. The smallest absolute Gasteiger partial charge is 0.165 e. The van der Waals surface area contributed by atoms with Crippen molar-refractivity contribution in [2.75, 3.05) is 0 Å². The fraction of sp³-hybridized carbons (Fsp3) is 0. The van der Waals surface area contributed by atoms with Gasteiger partial charge in [-0.25, -0.2) is 15.0 Å². The lowest BCUT2D eigenvalue weighted by Crippen LogP contribution is -2.02. The Bertz CT molecular complexity index is 3920. The van der Waals surface area contributed by atoms with Crippen molar-refractivity contribution in [1.82, 2.24) is 19.5 Å². The van der Waals surface area contributed by atoms with Crippen LogP contribution in [-0.4, -0.2) is 19.5 Å². The predicted octanol–water partition coefficient (Wildman–Crippen LogP) is 15.5. The highest BCUT2D eigenvalue weighted by Crippen LogP contribution is 2.45. The molecule has 4 nitrogen and oxygen atoms in total. The van der Waals surface area contributed by atoms with Crippen molar-refractivity contribution in [3.8, 4) is 51.0 Å². The first-order valence-corrected chi connectivity index (χ1v) is 21.8. The van der Waals surface area contributed by atoms with E-state index in [0.717, 1.165) is 44.3 Å². The number of benzene rings is 10. The van der Waals surface area contributed by atoms with E-state index in [-0.39, 0.29) is 0 Å². The molecule has 0 aliphatic rings. The molecule has 0 bridgehead atoms. The van der Waals surface area contributed by atoms with Gasteiger partial charge in [0.2, 0.25) is 0 Å². The van der Waals surface area contributed by atoms with Crippen molar-refractivity contribution in [2.24, 2.45) is 0 Å². The van der Waals surface area contributed by atoms with E-state index in [4.69, 9.17) is 15.0 Å². The molecule has 5 heteroatoms. The molecule has 3 aromatic heterocycles. The fourth-order valence-corrected chi connectivity index (χ4v) is 10.8. The van der Waals surface area contributed by atoms with Crippen LogP contribution in [0.4, 0.5) is 0 Å². The van der Waals surface area contributed by atoms with Gasteiger partial charge < -0.3 is 4.57 Å². The van der Waals surface area contributed by atoms with Crippen LogP contribution in [0.1, 0.15) is 0 Å². The Morgan fingerprint density at radius 3 is 1.77 bits per heavy atom. The summed E-state index contributed by atoms with van der Waals surface area (Å²) in [5.74, 6) is 1.92. The Labute approximate surface area is 360 Å². The molecule has 0 N–H and O–H groups in total. The van der Waals surface area contributed by atoms with Gasteiger partial charge in [-0.15, -0.1) is 11.3 Å². The summed E-state index contributed by atoms with van der Waals surface area (Å²) in [5, 5.41) is 12.0. The van der Waals surface area contributed by atoms with Gasteiger partial charge in [-0.1, -0.05) is 170 Å². The Morgan fingerprint density at radius 2 is 0.968 bits per heavy atom. The summed E-state index contributed by atoms with van der Waals surface area (Å²) in [6.07, 6.45) is 0. The second kappa shape index (κ2) is 13.8. The highest BCUT2D eigenvalue weighted by atomic mass is 32.1. The minimum absolute atomic E-state index is 0.630. The van der Waals surface area contributed by atoms with E-state index in [1.165, 1.54) is 63.5 Å². The van der Waals surface area contributed by atoms with Crippen LogP contribution in [0.3, 0.4) is 0 Å². The summed E-state index contributed by atoms with van der Waals surface area (Å²) in [4.78, 5) is 16.0. The molecule has 62 heavy (non-hydrogen) atoms. The lowest BCUT2D eigenvalue weighted by atomic mass is 9.93. The number of aromatic nitrogens is 4. The molecule has 0 spiro atoms. The van der Waals surface area contributed by atoms with Gasteiger partial charge in [0.15, 0.2) is 17.5 Å². The van der Waals surface area contributed by atoms with Crippen LogP contribution in [-0.2, 0) is 0 Å². The Balaban J connectivity index is 1.15. The van der Waals surface area contributed by atoms with E-state index in [1.54, 1.807) is 11.3 Å². The molecule has 0 fully saturated rings. The van der Waals surface area contributed by atoms with Gasteiger partial charge >= 0.3 is 0 Å². The number of thiophene rings is 1. The molecule has 13 aromatic rings. The largest absolute Gasteiger partial charge is 0.308 e. The van der Waals surface area contributed by atoms with E-state index in [0.29, 0.717) is 17.5 Å². The zero-order valence-corrected chi connectivity index (χ0v) is 34.1. The van der Waals surface area contributed by atoms with Crippen LogP contribution >= 0.6 is 11.3 Å². The van der Waals surface area contributed by atoms with Crippen LogP contribution in [0.15, 0.2) is 206 Å². The lowest BCUT2D eigenvalue weighted by molar-refractivity contribution is 1.08. The maximum absolute atomic E-state index is 5.45. The second-order valence-electron chi connectivity index (χ2n) is 15.9. The normalized spacial score (nSPS) is 11.9. The summed E-state index contributed by atoms with van der Waals surface area (Å²) >= 11 is 1.79. The molecule has 13 rings (SSSR count). The van der Waals surface area contributed by atoms with Crippen LogP contribution < -0.4 is 0 Å². The van der Waals surface area contributed by atoms with Crippen molar-refractivity contribution in [1.29, 1.82) is 0 Å². The Morgan fingerprint density at radius 1 is 0.355 bits per heavy atom. The van der Waals surface area contributed by atoms with Crippen LogP contribution in [0.5, 0.6) is 0 Å². The van der Waals surface area contributed by atoms with E-state index in [9.17, 15) is 0 Å². The van der Waals surface area contributed by atoms with Gasteiger partial charge in [0.05, 0.1) is 16.7 Å². The maximum Gasteiger partial charge on any atom is 0.165 e. The molecule has 0 amide bonds. The molecule has 288 valence electrons. The third-order valence-electron chi connectivity index (χ3n) is 12.4. The van der Waals surface area contributed by atoms with Gasteiger partial charge in [0, 0.05) is 63.8 Å². The van der Waals surface area contributed by atoms with Gasteiger partial charge in [-0.2, -0.15) is 0 Å². The van der Waals surface area contributed by atoms with E-state index >= 15 is 0 Å². The van der Waals surface area contributed by atoms with E-state index in [1.807, 2.05) is 18.2 Å². The molecule has 10 aromatic carbocycles. The SMILES string of the molecule is c1ccc(-c2nc(-c3cccc4c3sc3ccccc34)nc(-c3ccc(-n4c5cc6ccccc6cc5c5ccc6ccccc6c54)c4cccc(-c5ccccc5)c34)n2)cc1. The van der Waals surface area contributed by atoms with Gasteiger partial charge in [-0.3, -0.25) is 0 Å². The highest BCUT2D eigenvalue weighted by Gasteiger charge is 2.23. The number of hydrogen-bond acceptors (Lipinski definition) is 4. The molecule has 0 saturated heterocycles. The zero-order valence-electron chi connectivity index (χ0n) is 33.3. The molecular weight excluding hydrogens is 773 g/mol. The van der Waals surface area contributed by atoms with Gasteiger partial charge in [0.1, 0.15) is 0 Å². The average Bonchev–Trinajstić information content (AvgIpc) is 3.89. The molecule has 0 saturated carbocycles. The summed E-state index contributed by atoms with van der Waals surface area (Å²) in [5.41, 5.74) is 8.59. The summed E-state index contributed by atoms with van der Waals surface area (Å²) in [6.45, 7) is 0. The lowest BCUT2D eigenvalue weighted by Gasteiger charge is -2.18. The second-order valence-corrected chi connectivity index (χ2v) is 17.0. The van der Waals surface area contributed by atoms with Crippen LogP contribution in [0.2, 0.25) is 0 Å². The molecule has 0 aliphatic carbocycles. The van der Waals surface area contributed by atoms with Crippen molar-refractivity contribution < 1.29 is 0 Å². The standard InChI is InChI=1S/C57H34N4S/c1-3-15-35(16-4-1)40-24-13-26-45-49(61-50-34-39-21-8-7-20-38(39)33-48(50)43-30-29-36-17-9-10-22-41(36)53(43)61)32-31-46(52(40)45)56-58-55(37-18-5-2-6-19-37)59-57(60-56)47-27-14-25-44-42-23-11-12-28-51(42)62-54(44)47/h1-34H. The monoisotopic (exact) mass is 806 g/mol.